The molecule has 128 valence electrons. The predicted molar refractivity (Wildman–Crippen MR) is 98.8 cm³/mol. The molecular formula is C18H23BrN4O. The number of carbonyl (C=O) groups excluding carboxylic acids is 1. The largest absolute Gasteiger partial charge is 0.339 e. The van der Waals surface area contributed by atoms with Gasteiger partial charge in [-0.15, -0.1) is 0 Å². The summed E-state index contributed by atoms with van der Waals surface area (Å²) in [7, 11) is 3.73. The minimum atomic E-state index is 0.0132. The molecule has 0 radical (unpaired) electrons. The van der Waals surface area contributed by atoms with Crippen LogP contribution in [0.4, 0.5) is 0 Å². The molecule has 0 spiro atoms. The van der Waals surface area contributed by atoms with E-state index >= 15 is 0 Å². The van der Waals surface area contributed by atoms with Crippen LogP contribution >= 0.6 is 15.9 Å². The Labute approximate surface area is 151 Å². The Morgan fingerprint density at radius 2 is 2.00 bits per heavy atom. The topological polar surface area (TPSA) is 50.2 Å². The molecule has 1 aliphatic rings. The van der Waals surface area contributed by atoms with Crippen molar-refractivity contribution in [3.8, 4) is 5.69 Å². The van der Waals surface area contributed by atoms with Gasteiger partial charge in [0.05, 0.1) is 5.69 Å². The second kappa shape index (κ2) is 7.49. The first-order valence-electron chi connectivity index (χ1n) is 8.38. The smallest absolute Gasteiger partial charge is 0.274 e. The number of nitrogens with one attached hydrogen (secondary N) is 1. The summed E-state index contributed by atoms with van der Waals surface area (Å²) in [4.78, 5) is 14.6. The number of halogens is 1. The van der Waals surface area contributed by atoms with Gasteiger partial charge in [0.1, 0.15) is 0 Å². The number of rotatable bonds is 5. The Kier molecular flexibility index (Phi) is 5.36. The number of fused-ring (bicyclic) bond motifs is 1. The van der Waals surface area contributed by atoms with Gasteiger partial charge < -0.3 is 10.2 Å². The Morgan fingerprint density at radius 3 is 2.71 bits per heavy atom. The number of benzene rings is 1. The molecule has 1 aromatic carbocycles. The molecule has 0 unspecified atom stereocenters. The molecule has 0 saturated carbocycles. The lowest BCUT2D eigenvalue weighted by molar-refractivity contribution is 0.0789. The Hall–Kier alpha value is -1.66. The molecule has 0 saturated heterocycles. The molecule has 0 bridgehead atoms. The molecule has 1 heterocycles. The molecule has 6 heteroatoms. The maximum absolute atomic E-state index is 12.8. The molecule has 0 fully saturated rings. The van der Waals surface area contributed by atoms with Crippen LogP contribution in [-0.4, -0.2) is 47.8 Å². The zero-order valence-electron chi connectivity index (χ0n) is 14.2. The summed E-state index contributed by atoms with van der Waals surface area (Å²) in [5.74, 6) is 0.0132. The quantitative estimate of drug-likeness (QED) is 0.853. The number of nitrogens with zero attached hydrogens (tertiary/aromatic N) is 3. The van der Waals surface area contributed by atoms with E-state index in [9.17, 15) is 4.79 Å². The van der Waals surface area contributed by atoms with Gasteiger partial charge in [0.2, 0.25) is 0 Å². The van der Waals surface area contributed by atoms with Crippen molar-refractivity contribution in [2.24, 2.45) is 0 Å². The highest BCUT2D eigenvalue weighted by molar-refractivity contribution is 9.10. The molecule has 2 aromatic rings. The third-order valence-electron chi connectivity index (χ3n) is 4.50. The second-order valence-electron chi connectivity index (χ2n) is 6.20. The van der Waals surface area contributed by atoms with Gasteiger partial charge in [-0.2, -0.15) is 5.10 Å². The minimum absolute atomic E-state index is 0.0132. The molecule has 1 aliphatic carbocycles. The molecule has 0 atom stereocenters. The van der Waals surface area contributed by atoms with Crippen LogP contribution in [0.15, 0.2) is 28.7 Å². The van der Waals surface area contributed by atoms with Gasteiger partial charge in [-0.3, -0.25) is 4.79 Å². The van der Waals surface area contributed by atoms with Crippen LogP contribution in [0.1, 0.15) is 34.6 Å². The van der Waals surface area contributed by atoms with Crippen molar-refractivity contribution < 1.29 is 4.79 Å². The second-order valence-corrected chi connectivity index (χ2v) is 7.12. The summed E-state index contributed by atoms with van der Waals surface area (Å²) >= 11 is 3.47. The van der Waals surface area contributed by atoms with Crippen LogP contribution in [0.2, 0.25) is 0 Å². The first-order chi connectivity index (χ1) is 11.6. The summed E-state index contributed by atoms with van der Waals surface area (Å²) in [5, 5.41) is 7.79. The number of hydrogen-bond acceptors (Lipinski definition) is 3. The van der Waals surface area contributed by atoms with Crippen molar-refractivity contribution in [2.45, 2.75) is 25.7 Å². The van der Waals surface area contributed by atoms with E-state index < -0.39 is 0 Å². The van der Waals surface area contributed by atoms with Gasteiger partial charge in [0, 0.05) is 35.9 Å². The maximum atomic E-state index is 12.8. The van der Waals surface area contributed by atoms with E-state index in [0.29, 0.717) is 12.2 Å². The van der Waals surface area contributed by atoms with Gasteiger partial charge in [0.15, 0.2) is 5.69 Å². The lowest BCUT2D eigenvalue weighted by atomic mass is 9.95. The average molecular weight is 391 g/mol. The molecule has 24 heavy (non-hydrogen) atoms. The molecular weight excluding hydrogens is 368 g/mol. The summed E-state index contributed by atoms with van der Waals surface area (Å²) in [5.41, 5.74) is 3.94. The summed E-state index contributed by atoms with van der Waals surface area (Å²) in [6, 6.07) is 8.08. The molecule has 1 aromatic heterocycles. The van der Waals surface area contributed by atoms with Crippen molar-refractivity contribution in [1.82, 2.24) is 20.0 Å². The van der Waals surface area contributed by atoms with Gasteiger partial charge in [-0.25, -0.2) is 4.68 Å². The average Bonchev–Trinajstić information content (AvgIpc) is 2.99. The fourth-order valence-electron chi connectivity index (χ4n) is 3.13. The van der Waals surface area contributed by atoms with Crippen molar-refractivity contribution in [2.75, 3.05) is 27.2 Å². The predicted octanol–water partition coefficient (Wildman–Crippen LogP) is 2.81. The molecule has 5 nitrogen and oxygen atoms in total. The highest BCUT2D eigenvalue weighted by Crippen LogP contribution is 2.28. The lowest BCUT2D eigenvalue weighted by Crippen LogP contribution is -2.33. The minimum Gasteiger partial charge on any atom is -0.339 e. The van der Waals surface area contributed by atoms with E-state index in [4.69, 9.17) is 5.10 Å². The van der Waals surface area contributed by atoms with Crippen molar-refractivity contribution in [3.63, 3.8) is 0 Å². The molecule has 0 aliphatic heterocycles. The summed E-state index contributed by atoms with van der Waals surface area (Å²) in [6.45, 7) is 1.45. The number of aromatic nitrogens is 2. The highest BCUT2D eigenvalue weighted by atomic mass is 79.9. The van der Waals surface area contributed by atoms with E-state index in [2.05, 4.69) is 21.2 Å². The monoisotopic (exact) mass is 390 g/mol. The fraction of sp³-hybridized carbons (Fsp3) is 0.444. The maximum Gasteiger partial charge on any atom is 0.274 e. The van der Waals surface area contributed by atoms with E-state index in [-0.39, 0.29) is 5.91 Å². The van der Waals surface area contributed by atoms with Gasteiger partial charge >= 0.3 is 0 Å². The summed E-state index contributed by atoms with van der Waals surface area (Å²) in [6.07, 6.45) is 4.19. The van der Waals surface area contributed by atoms with Crippen molar-refractivity contribution >= 4 is 21.8 Å². The number of likely N-dealkylation sites (N-methyl/N-ethyl adjacent to an activating group) is 2. The Bertz CT molecular complexity index is 723. The van der Waals surface area contributed by atoms with Crippen LogP contribution in [0.5, 0.6) is 0 Å². The highest BCUT2D eigenvalue weighted by Gasteiger charge is 2.27. The van der Waals surface area contributed by atoms with Gasteiger partial charge in [0.25, 0.3) is 5.91 Å². The normalized spacial score (nSPS) is 13.6. The zero-order valence-corrected chi connectivity index (χ0v) is 15.8. The van der Waals surface area contributed by atoms with E-state index in [1.54, 1.807) is 4.90 Å². The summed E-state index contributed by atoms with van der Waals surface area (Å²) < 4.78 is 3.00. The zero-order chi connectivity index (χ0) is 17.1. The SMILES string of the molecule is CNCCN(C)C(=O)c1nn(-c2ccc(Br)cc2)c2c1CCCC2. The third kappa shape index (κ3) is 3.39. The van der Waals surface area contributed by atoms with E-state index in [1.165, 1.54) is 5.69 Å². The van der Waals surface area contributed by atoms with Crippen LogP contribution in [0, 0.1) is 0 Å². The van der Waals surface area contributed by atoms with Crippen LogP contribution in [0.3, 0.4) is 0 Å². The Balaban J connectivity index is 1.98. The van der Waals surface area contributed by atoms with Crippen molar-refractivity contribution in [1.29, 1.82) is 0 Å². The van der Waals surface area contributed by atoms with Crippen LogP contribution in [-0.2, 0) is 12.8 Å². The van der Waals surface area contributed by atoms with Crippen LogP contribution < -0.4 is 5.32 Å². The molecule has 1 amide bonds. The molecule has 1 N–H and O–H groups in total. The van der Waals surface area contributed by atoms with Crippen LogP contribution in [0.25, 0.3) is 5.69 Å². The number of amides is 1. The van der Waals surface area contributed by atoms with Gasteiger partial charge in [-0.1, -0.05) is 15.9 Å². The van der Waals surface area contributed by atoms with E-state index in [0.717, 1.165) is 48.0 Å². The van der Waals surface area contributed by atoms with E-state index in [1.807, 2.05) is 43.0 Å². The number of carbonyl (C=O) groups is 1. The standard InChI is InChI=1S/C18H23BrN4O/c1-20-11-12-22(2)18(24)17-15-5-3-4-6-16(15)23(21-17)14-9-7-13(19)8-10-14/h7-10,20H,3-6,11-12H2,1-2H3. The fourth-order valence-corrected chi connectivity index (χ4v) is 3.39. The van der Waals surface area contributed by atoms with Gasteiger partial charge in [-0.05, 0) is 57.0 Å². The first kappa shape index (κ1) is 17.2. The first-order valence-corrected chi connectivity index (χ1v) is 9.18. The lowest BCUT2D eigenvalue weighted by Gasteiger charge is -2.17. The van der Waals surface area contributed by atoms with Crippen molar-refractivity contribution in [3.05, 3.63) is 45.7 Å². The number of hydrogen-bond donors (Lipinski definition) is 1. The third-order valence-corrected chi connectivity index (χ3v) is 5.03. The molecule has 3 rings (SSSR count). The Morgan fingerprint density at radius 1 is 1.29 bits per heavy atom.